The second-order valence-corrected chi connectivity index (χ2v) is 9.05. The van der Waals surface area contributed by atoms with Gasteiger partial charge in [-0.05, 0) is 73.8 Å². The molecule has 2 aromatic carbocycles. The molecule has 2 aromatic heterocycles. The number of carbonyl (C=O) groups excluding carboxylic acids is 1. The highest BCUT2D eigenvalue weighted by molar-refractivity contribution is 5.85. The van der Waals surface area contributed by atoms with E-state index in [2.05, 4.69) is 39.2 Å². The minimum Gasteiger partial charge on any atom is -0.461 e. The maximum Gasteiger partial charge on any atom is 0.225 e. The topological polar surface area (TPSA) is 102 Å². The standard InChI is InChI=1S/C27H29N5O2/c28-17-19-4-6-25-24(13-19)20(18-30-25)3-1-2-8-31-9-11-32(12-10-31)22-5-7-26-21(14-22)15-23(34-26)16-27(29)33/h4-7,13-15,18,30H,1-3,8-12,16H2,(H2,29,33). The summed E-state index contributed by atoms with van der Waals surface area (Å²) in [6.45, 7) is 5.20. The molecule has 1 amide bonds. The van der Waals surface area contributed by atoms with E-state index in [0.717, 1.165) is 68.5 Å². The molecule has 34 heavy (non-hydrogen) atoms. The van der Waals surface area contributed by atoms with Gasteiger partial charge in [-0.3, -0.25) is 9.69 Å². The van der Waals surface area contributed by atoms with E-state index in [4.69, 9.17) is 15.4 Å². The van der Waals surface area contributed by atoms with Crippen molar-refractivity contribution in [1.29, 1.82) is 5.26 Å². The summed E-state index contributed by atoms with van der Waals surface area (Å²) in [4.78, 5) is 19.4. The predicted octanol–water partition coefficient (Wildman–Crippen LogP) is 3.96. The number of benzene rings is 2. The van der Waals surface area contributed by atoms with Crippen LogP contribution in [-0.2, 0) is 17.6 Å². The number of nitrogens with zero attached hydrogens (tertiary/aromatic N) is 3. The first-order valence-corrected chi connectivity index (χ1v) is 11.9. The Morgan fingerprint density at radius 2 is 1.94 bits per heavy atom. The highest BCUT2D eigenvalue weighted by Gasteiger charge is 2.18. The molecule has 0 saturated carbocycles. The largest absolute Gasteiger partial charge is 0.461 e. The average Bonchev–Trinajstić information content (AvgIpc) is 3.44. The van der Waals surface area contributed by atoms with Crippen molar-refractivity contribution < 1.29 is 9.21 Å². The molecule has 0 unspecified atom stereocenters. The van der Waals surface area contributed by atoms with Crippen LogP contribution >= 0.6 is 0 Å². The fourth-order valence-corrected chi connectivity index (χ4v) is 4.88. The SMILES string of the molecule is N#Cc1ccc2[nH]cc(CCCCN3CCN(c4ccc5oc(CC(N)=O)cc5c4)CC3)c2c1. The molecule has 7 nitrogen and oxygen atoms in total. The van der Waals surface area contributed by atoms with E-state index in [-0.39, 0.29) is 12.3 Å². The van der Waals surface area contributed by atoms with Gasteiger partial charge >= 0.3 is 0 Å². The first-order valence-electron chi connectivity index (χ1n) is 11.9. The number of amides is 1. The smallest absolute Gasteiger partial charge is 0.225 e. The fourth-order valence-electron chi connectivity index (χ4n) is 4.88. The number of primary amides is 1. The lowest BCUT2D eigenvalue weighted by Gasteiger charge is -2.36. The molecule has 0 atom stereocenters. The van der Waals surface area contributed by atoms with Crippen LogP contribution in [0.1, 0.15) is 29.7 Å². The van der Waals surface area contributed by atoms with Gasteiger partial charge < -0.3 is 20.0 Å². The summed E-state index contributed by atoms with van der Waals surface area (Å²) < 4.78 is 5.71. The van der Waals surface area contributed by atoms with Gasteiger partial charge in [0.25, 0.3) is 0 Å². The van der Waals surface area contributed by atoms with E-state index in [1.54, 1.807) is 0 Å². The lowest BCUT2D eigenvalue weighted by atomic mass is 10.1. The number of aromatic nitrogens is 1. The Morgan fingerprint density at radius 1 is 1.09 bits per heavy atom. The number of carbonyl (C=O) groups is 1. The summed E-state index contributed by atoms with van der Waals surface area (Å²) in [6.07, 6.45) is 5.53. The normalized spacial score (nSPS) is 14.6. The zero-order valence-electron chi connectivity index (χ0n) is 19.2. The Bertz CT molecular complexity index is 1350. The third-order valence-corrected chi connectivity index (χ3v) is 6.70. The molecule has 0 bridgehead atoms. The first kappa shape index (κ1) is 22.1. The molecule has 5 rings (SSSR count). The van der Waals surface area contributed by atoms with E-state index in [1.165, 1.54) is 16.6 Å². The van der Waals surface area contributed by atoms with Gasteiger partial charge in [0.15, 0.2) is 0 Å². The van der Waals surface area contributed by atoms with Crippen LogP contribution in [-0.4, -0.2) is 48.5 Å². The molecule has 7 heteroatoms. The molecular weight excluding hydrogens is 426 g/mol. The Morgan fingerprint density at radius 3 is 2.74 bits per heavy atom. The predicted molar refractivity (Wildman–Crippen MR) is 134 cm³/mol. The quantitative estimate of drug-likeness (QED) is 0.392. The number of aromatic amines is 1. The van der Waals surface area contributed by atoms with Crippen molar-refractivity contribution in [2.45, 2.75) is 25.7 Å². The number of hydrogen-bond acceptors (Lipinski definition) is 5. The van der Waals surface area contributed by atoms with E-state index in [9.17, 15) is 4.79 Å². The van der Waals surface area contributed by atoms with Crippen LogP contribution in [0.2, 0.25) is 0 Å². The molecular formula is C27H29N5O2. The lowest BCUT2D eigenvalue weighted by molar-refractivity contribution is -0.117. The van der Waals surface area contributed by atoms with Crippen molar-refractivity contribution in [2.75, 3.05) is 37.6 Å². The van der Waals surface area contributed by atoms with Gasteiger partial charge in [-0.1, -0.05) is 0 Å². The molecule has 0 radical (unpaired) electrons. The summed E-state index contributed by atoms with van der Waals surface area (Å²) in [5.74, 6) is 0.229. The number of hydrogen-bond donors (Lipinski definition) is 2. The van der Waals surface area contributed by atoms with Gasteiger partial charge in [-0.2, -0.15) is 5.26 Å². The molecule has 1 fully saturated rings. The molecule has 174 valence electrons. The third-order valence-electron chi connectivity index (χ3n) is 6.70. The summed E-state index contributed by atoms with van der Waals surface area (Å²) in [5.41, 5.74) is 10.4. The molecule has 0 spiro atoms. The van der Waals surface area contributed by atoms with Gasteiger partial charge in [0, 0.05) is 54.4 Å². The van der Waals surface area contributed by atoms with Crippen molar-refractivity contribution in [1.82, 2.24) is 9.88 Å². The van der Waals surface area contributed by atoms with Gasteiger partial charge in [0.05, 0.1) is 18.1 Å². The number of anilines is 1. The number of nitrogens with one attached hydrogen (secondary N) is 1. The van der Waals surface area contributed by atoms with Gasteiger partial charge in [0.1, 0.15) is 11.3 Å². The monoisotopic (exact) mass is 455 g/mol. The molecule has 0 aliphatic carbocycles. The zero-order valence-corrected chi connectivity index (χ0v) is 19.2. The van der Waals surface area contributed by atoms with E-state index >= 15 is 0 Å². The van der Waals surface area contributed by atoms with E-state index < -0.39 is 0 Å². The Labute approximate surface area is 198 Å². The first-order chi connectivity index (χ1) is 16.6. The number of furan rings is 1. The van der Waals surface area contributed by atoms with Crippen LogP contribution in [0.15, 0.2) is 53.1 Å². The lowest BCUT2D eigenvalue weighted by Crippen LogP contribution is -2.46. The molecule has 1 aliphatic heterocycles. The summed E-state index contributed by atoms with van der Waals surface area (Å²) in [5, 5.41) is 11.3. The third kappa shape index (κ3) is 4.78. The minimum absolute atomic E-state index is 0.129. The van der Waals surface area contributed by atoms with Crippen LogP contribution < -0.4 is 10.6 Å². The van der Waals surface area contributed by atoms with Crippen molar-refractivity contribution in [3.8, 4) is 6.07 Å². The number of fused-ring (bicyclic) bond motifs is 2. The summed E-state index contributed by atoms with van der Waals surface area (Å²) in [6, 6.07) is 16.2. The van der Waals surface area contributed by atoms with Crippen LogP contribution in [0, 0.1) is 11.3 Å². The number of piperazine rings is 1. The Kier molecular flexibility index (Phi) is 6.24. The number of nitriles is 1. The fraction of sp³-hybridized carbons (Fsp3) is 0.333. The van der Waals surface area contributed by atoms with Crippen LogP contribution in [0.4, 0.5) is 5.69 Å². The molecule has 1 aliphatic rings. The summed E-state index contributed by atoms with van der Waals surface area (Å²) in [7, 11) is 0. The average molecular weight is 456 g/mol. The minimum atomic E-state index is -0.384. The number of aryl methyl sites for hydroxylation is 1. The van der Waals surface area contributed by atoms with E-state index in [1.807, 2.05) is 30.3 Å². The summed E-state index contributed by atoms with van der Waals surface area (Å²) >= 11 is 0. The van der Waals surface area contributed by atoms with Crippen molar-refractivity contribution in [3.63, 3.8) is 0 Å². The maximum atomic E-state index is 11.2. The molecule has 3 heterocycles. The van der Waals surface area contributed by atoms with Gasteiger partial charge in [-0.15, -0.1) is 0 Å². The van der Waals surface area contributed by atoms with Crippen LogP contribution in [0.3, 0.4) is 0 Å². The van der Waals surface area contributed by atoms with Crippen LogP contribution in [0.5, 0.6) is 0 Å². The number of H-pyrrole nitrogens is 1. The number of rotatable bonds is 8. The second kappa shape index (κ2) is 9.62. The molecule has 3 N–H and O–H groups in total. The van der Waals surface area contributed by atoms with Crippen molar-refractivity contribution in [2.24, 2.45) is 5.73 Å². The Hall–Kier alpha value is -3.76. The Balaban J connectivity index is 1.10. The zero-order chi connectivity index (χ0) is 23.5. The number of unbranched alkanes of at least 4 members (excludes halogenated alkanes) is 1. The highest BCUT2D eigenvalue weighted by Crippen LogP contribution is 2.26. The van der Waals surface area contributed by atoms with Crippen molar-refractivity contribution >= 4 is 33.5 Å². The second-order valence-electron chi connectivity index (χ2n) is 9.05. The molecule has 4 aromatic rings. The van der Waals surface area contributed by atoms with Crippen LogP contribution in [0.25, 0.3) is 21.9 Å². The maximum absolute atomic E-state index is 11.2. The molecule has 1 saturated heterocycles. The number of nitrogens with two attached hydrogens (primary N) is 1. The highest BCUT2D eigenvalue weighted by atomic mass is 16.3. The van der Waals surface area contributed by atoms with Gasteiger partial charge in [-0.25, -0.2) is 0 Å². The van der Waals surface area contributed by atoms with Crippen molar-refractivity contribution in [3.05, 3.63) is 65.5 Å². The van der Waals surface area contributed by atoms with E-state index in [0.29, 0.717) is 11.3 Å². The van der Waals surface area contributed by atoms with Gasteiger partial charge in [0.2, 0.25) is 5.91 Å².